The third-order valence-electron chi connectivity index (χ3n) is 3.56. The van der Waals surface area contributed by atoms with Crippen molar-refractivity contribution < 1.29 is 18.8 Å². The van der Waals surface area contributed by atoms with Crippen molar-refractivity contribution in [3.63, 3.8) is 0 Å². The van der Waals surface area contributed by atoms with E-state index in [1.54, 1.807) is 12.1 Å². The topological polar surface area (TPSA) is 92.3 Å². The molecule has 3 amide bonds. The van der Waals surface area contributed by atoms with Gasteiger partial charge >= 0.3 is 0 Å². The Kier molecular flexibility index (Phi) is 6.81. The normalized spacial score (nSPS) is 15.5. The Hall–Kier alpha value is -2.24. The second-order valence-electron chi connectivity index (χ2n) is 5.58. The fourth-order valence-corrected chi connectivity index (χ4v) is 4.75. The third-order valence-corrected chi connectivity index (χ3v) is 6.44. The predicted octanol–water partition coefficient (Wildman–Crippen LogP) is 2.93. The van der Waals surface area contributed by atoms with Gasteiger partial charge in [0.05, 0.1) is 10.7 Å². The van der Waals surface area contributed by atoms with E-state index < -0.39 is 17.0 Å². The average molecular weight is 439 g/mol. The minimum atomic E-state index is -0.494. The molecule has 146 valence electrons. The fourth-order valence-electron chi connectivity index (χ4n) is 2.25. The van der Waals surface area contributed by atoms with Crippen LogP contribution in [0.5, 0.6) is 0 Å². The van der Waals surface area contributed by atoms with Gasteiger partial charge in [-0.3, -0.25) is 19.3 Å². The van der Waals surface area contributed by atoms with Crippen molar-refractivity contribution in [3.8, 4) is 0 Å². The molecule has 28 heavy (non-hydrogen) atoms. The molecule has 11 heteroatoms. The first kappa shape index (κ1) is 20.5. The Bertz CT molecular complexity index is 947. The van der Waals surface area contributed by atoms with Crippen LogP contribution in [0.4, 0.5) is 9.18 Å². The molecule has 0 atom stereocenters. The molecule has 1 fully saturated rings. The number of imide groups is 1. The van der Waals surface area contributed by atoms with Gasteiger partial charge in [-0.25, -0.2) is 4.39 Å². The Labute approximate surface area is 172 Å². The maximum Gasteiger partial charge on any atom is 0.293 e. The van der Waals surface area contributed by atoms with Gasteiger partial charge < -0.3 is 5.32 Å². The summed E-state index contributed by atoms with van der Waals surface area (Å²) in [4.78, 5) is 37.5. The minimum Gasteiger partial charge on any atom is -0.354 e. The van der Waals surface area contributed by atoms with E-state index in [-0.39, 0.29) is 35.2 Å². The standard InChI is InChI=1S/C17H15FN4O3S3/c1-10-20-21-16(27-10)26-9-14(23)19-6-7-22-15(24)13(28-17(22)25)8-11-4-2-3-5-12(11)18/h2-5,8H,6-7,9H2,1H3,(H,19,23). The van der Waals surface area contributed by atoms with Crippen LogP contribution < -0.4 is 5.32 Å². The molecule has 2 aromatic rings. The number of aryl methyl sites for hydroxylation is 1. The van der Waals surface area contributed by atoms with E-state index in [0.717, 1.165) is 21.7 Å². The predicted molar refractivity (Wildman–Crippen MR) is 107 cm³/mol. The Morgan fingerprint density at radius 2 is 2.11 bits per heavy atom. The SMILES string of the molecule is Cc1nnc(SCC(=O)NCCN2C(=O)SC(=Cc3ccccc3F)C2=O)s1. The number of nitrogens with zero attached hydrogens (tertiary/aromatic N) is 3. The van der Waals surface area contributed by atoms with Crippen molar-refractivity contribution in [2.24, 2.45) is 0 Å². The van der Waals surface area contributed by atoms with E-state index in [9.17, 15) is 18.8 Å². The molecule has 2 heterocycles. The smallest absolute Gasteiger partial charge is 0.293 e. The fraction of sp³-hybridized carbons (Fsp3) is 0.235. The van der Waals surface area contributed by atoms with Crippen LogP contribution in [-0.2, 0) is 9.59 Å². The van der Waals surface area contributed by atoms with Crippen LogP contribution in [0.3, 0.4) is 0 Å². The summed E-state index contributed by atoms with van der Waals surface area (Å²) in [5.74, 6) is -1.02. The molecule has 1 saturated heterocycles. The average Bonchev–Trinajstić information content (AvgIpc) is 3.19. The summed E-state index contributed by atoms with van der Waals surface area (Å²) in [5, 5.41) is 10.8. The highest BCUT2D eigenvalue weighted by Gasteiger charge is 2.34. The number of carbonyl (C=O) groups excluding carboxylic acids is 3. The Morgan fingerprint density at radius 3 is 2.82 bits per heavy atom. The van der Waals surface area contributed by atoms with Gasteiger partial charge in [-0.05, 0) is 30.8 Å². The molecule has 7 nitrogen and oxygen atoms in total. The highest BCUT2D eigenvalue weighted by Crippen LogP contribution is 2.32. The number of halogens is 1. The van der Waals surface area contributed by atoms with Crippen molar-refractivity contribution in [1.29, 1.82) is 0 Å². The molecule has 1 N–H and O–H groups in total. The van der Waals surface area contributed by atoms with Gasteiger partial charge in [-0.2, -0.15) is 0 Å². The van der Waals surface area contributed by atoms with E-state index >= 15 is 0 Å². The van der Waals surface area contributed by atoms with Gasteiger partial charge in [-0.15, -0.1) is 10.2 Å². The molecule has 1 aromatic heterocycles. The molecular formula is C17H15FN4O3S3. The van der Waals surface area contributed by atoms with Crippen LogP contribution in [0, 0.1) is 12.7 Å². The summed E-state index contributed by atoms with van der Waals surface area (Å²) in [7, 11) is 0. The van der Waals surface area contributed by atoms with Gasteiger partial charge in [0.15, 0.2) is 4.34 Å². The number of aromatic nitrogens is 2. The number of carbonyl (C=O) groups is 3. The molecule has 1 aromatic carbocycles. The number of amides is 3. The lowest BCUT2D eigenvalue weighted by atomic mass is 10.2. The largest absolute Gasteiger partial charge is 0.354 e. The molecule has 0 bridgehead atoms. The van der Waals surface area contributed by atoms with Gasteiger partial charge in [0, 0.05) is 18.7 Å². The lowest BCUT2D eigenvalue weighted by molar-refractivity contribution is -0.123. The molecule has 0 unspecified atom stereocenters. The van der Waals surface area contributed by atoms with Crippen LogP contribution in [0.25, 0.3) is 6.08 Å². The van der Waals surface area contributed by atoms with Crippen LogP contribution in [0.15, 0.2) is 33.5 Å². The van der Waals surface area contributed by atoms with E-state index in [1.807, 2.05) is 6.92 Å². The summed E-state index contributed by atoms with van der Waals surface area (Å²) in [6.45, 7) is 2.02. The summed E-state index contributed by atoms with van der Waals surface area (Å²) < 4.78 is 14.4. The highest BCUT2D eigenvalue weighted by atomic mass is 32.2. The van der Waals surface area contributed by atoms with Crippen molar-refractivity contribution in [2.45, 2.75) is 11.3 Å². The van der Waals surface area contributed by atoms with Crippen molar-refractivity contribution in [3.05, 3.63) is 45.6 Å². The molecule has 1 aliphatic heterocycles. The molecule has 1 aliphatic rings. The summed E-state index contributed by atoms with van der Waals surface area (Å²) in [6, 6.07) is 6.01. The number of hydrogen-bond acceptors (Lipinski definition) is 8. The van der Waals surface area contributed by atoms with Gasteiger partial charge in [0.25, 0.3) is 11.1 Å². The first-order chi connectivity index (χ1) is 13.4. The zero-order valence-corrected chi connectivity index (χ0v) is 17.1. The monoisotopic (exact) mass is 438 g/mol. The van der Waals surface area contributed by atoms with Gasteiger partial charge in [0.2, 0.25) is 5.91 Å². The van der Waals surface area contributed by atoms with Crippen molar-refractivity contribution in [2.75, 3.05) is 18.8 Å². The van der Waals surface area contributed by atoms with E-state index in [4.69, 9.17) is 0 Å². The molecule has 3 rings (SSSR count). The van der Waals surface area contributed by atoms with Crippen LogP contribution in [-0.4, -0.2) is 51.0 Å². The van der Waals surface area contributed by atoms with E-state index in [0.29, 0.717) is 4.34 Å². The first-order valence-corrected chi connectivity index (χ1v) is 10.8. The highest BCUT2D eigenvalue weighted by molar-refractivity contribution is 8.18. The van der Waals surface area contributed by atoms with Crippen LogP contribution >= 0.6 is 34.9 Å². The second-order valence-corrected chi connectivity index (χ2v) is 8.98. The molecule has 0 saturated carbocycles. The quantitative estimate of drug-likeness (QED) is 0.525. The number of benzene rings is 1. The number of thioether (sulfide) groups is 2. The lowest BCUT2D eigenvalue weighted by Crippen LogP contribution is -2.37. The molecule has 0 spiro atoms. The number of hydrogen-bond donors (Lipinski definition) is 1. The second kappa shape index (κ2) is 9.30. The zero-order chi connectivity index (χ0) is 20.1. The van der Waals surface area contributed by atoms with E-state index in [2.05, 4.69) is 15.5 Å². The summed E-state index contributed by atoms with van der Waals surface area (Å²) >= 11 is 3.43. The van der Waals surface area contributed by atoms with Crippen LogP contribution in [0.2, 0.25) is 0 Å². The molecule has 0 aliphatic carbocycles. The Balaban J connectivity index is 1.49. The van der Waals surface area contributed by atoms with Gasteiger partial charge in [-0.1, -0.05) is 41.3 Å². The third kappa shape index (κ3) is 5.18. The summed E-state index contributed by atoms with van der Waals surface area (Å²) in [5.41, 5.74) is 0.241. The van der Waals surface area contributed by atoms with Crippen molar-refractivity contribution >= 4 is 58.0 Å². The summed E-state index contributed by atoms with van der Waals surface area (Å²) in [6.07, 6.45) is 1.36. The first-order valence-electron chi connectivity index (χ1n) is 8.13. The zero-order valence-electron chi connectivity index (χ0n) is 14.7. The Morgan fingerprint density at radius 1 is 1.32 bits per heavy atom. The minimum absolute atomic E-state index is 0.0492. The van der Waals surface area contributed by atoms with Crippen LogP contribution in [0.1, 0.15) is 10.6 Å². The maximum atomic E-state index is 13.7. The van der Waals surface area contributed by atoms with E-state index in [1.165, 1.54) is 41.3 Å². The molecule has 0 radical (unpaired) electrons. The molecular weight excluding hydrogens is 423 g/mol. The number of rotatable bonds is 7. The lowest BCUT2D eigenvalue weighted by Gasteiger charge is -2.12. The number of nitrogens with one attached hydrogen (secondary N) is 1. The van der Waals surface area contributed by atoms with Crippen molar-refractivity contribution in [1.82, 2.24) is 20.4 Å². The van der Waals surface area contributed by atoms with Gasteiger partial charge in [0.1, 0.15) is 10.8 Å². The maximum absolute atomic E-state index is 13.7.